The normalized spacial score (nSPS) is 16.2. The van der Waals surface area contributed by atoms with Crippen LogP contribution < -0.4 is 10.4 Å². The molecule has 158 valence electrons. The minimum atomic E-state index is -0.134. The Balaban J connectivity index is 1.38. The third kappa shape index (κ3) is 3.18. The SMILES string of the molecule is COc1cccc(-c2cc(C(=O)N3CC[C@@H](n4c(=O)n(C)c5cccnc54)C3)[nH]n2)c1. The number of imidazole rings is 1. The molecule has 1 aliphatic rings. The Hall–Kier alpha value is -3.88. The number of hydrogen-bond donors (Lipinski definition) is 1. The molecule has 4 aromatic rings. The average molecular weight is 418 g/mol. The van der Waals surface area contributed by atoms with E-state index in [9.17, 15) is 9.59 Å². The van der Waals surface area contributed by atoms with Crippen molar-refractivity contribution < 1.29 is 9.53 Å². The summed E-state index contributed by atoms with van der Waals surface area (Å²) >= 11 is 0. The molecule has 0 saturated carbocycles. The van der Waals surface area contributed by atoms with E-state index < -0.39 is 0 Å². The Morgan fingerprint density at radius 2 is 2.10 bits per heavy atom. The van der Waals surface area contributed by atoms with Crippen LogP contribution in [0.15, 0.2) is 53.5 Å². The Bertz CT molecular complexity index is 1330. The zero-order valence-corrected chi connectivity index (χ0v) is 17.3. The molecule has 1 amide bonds. The number of nitrogens with zero attached hydrogens (tertiary/aromatic N) is 5. The molecule has 1 saturated heterocycles. The lowest BCUT2D eigenvalue weighted by Gasteiger charge is -2.16. The average Bonchev–Trinajstić information content (AvgIpc) is 3.53. The van der Waals surface area contributed by atoms with Crippen LogP contribution in [0.25, 0.3) is 22.4 Å². The number of fused-ring (bicyclic) bond motifs is 1. The first-order valence-corrected chi connectivity index (χ1v) is 10.1. The van der Waals surface area contributed by atoms with Crippen molar-refractivity contribution in [3.8, 4) is 17.0 Å². The molecular weight excluding hydrogens is 396 g/mol. The highest BCUT2D eigenvalue weighted by atomic mass is 16.5. The van der Waals surface area contributed by atoms with Gasteiger partial charge in [-0.2, -0.15) is 5.10 Å². The number of carbonyl (C=O) groups excluding carboxylic acids is 1. The fourth-order valence-corrected chi connectivity index (χ4v) is 4.19. The molecule has 3 aromatic heterocycles. The van der Waals surface area contributed by atoms with E-state index >= 15 is 0 Å². The van der Waals surface area contributed by atoms with Crippen molar-refractivity contribution in [3.05, 3.63) is 64.8 Å². The molecule has 0 radical (unpaired) electrons. The molecule has 1 atom stereocenters. The molecular formula is C22H22N6O3. The first kappa shape index (κ1) is 19.1. The number of aryl methyl sites for hydroxylation is 1. The van der Waals surface area contributed by atoms with Crippen LogP contribution in [0.3, 0.4) is 0 Å². The van der Waals surface area contributed by atoms with Crippen LogP contribution in [-0.4, -0.2) is 55.3 Å². The number of benzene rings is 1. The van der Waals surface area contributed by atoms with Gasteiger partial charge in [0.2, 0.25) is 0 Å². The van der Waals surface area contributed by atoms with Crippen LogP contribution in [0, 0.1) is 0 Å². The van der Waals surface area contributed by atoms with Gasteiger partial charge in [-0.05, 0) is 36.8 Å². The van der Waals surface area contributed by atoms with Crippen molar-refractivity contribution in [2.24, 2.45) is 7.05 Å². The first-order chi connectivity index (χ1) is 15.1. The second-order valence-corrected chi connectivity index (χ2v) is 7.65. The number of ether oxygens (including phenoxy) is 1. The van der Waals surface area contributed by atoms with Crippen molar-refractivity contribution in [2.75, 3.05) is 20.2 Å². The van der Waals surface area contributed by atoms with Gasteiger partial charge in [0.1, 0.15) is 11.4 Å². The molecule has 1 aliphatic heterocycles. The van der Waals surface area contributed by atoms with Gasteiger partial charge >= 0.3 is 5.69 Å². The number of H-pyrrole nitrogens is 1. The summed E-state index contributed by atoms with van der Waals surface area (Å²) < 4.78 is 8.56. The second-order valence-electron chi connectivity index (χ2n) is 7.65. The number of methoxy groups -OCH3 is 1. The smallest absolute Gasteiger partial charge is 0.330 e. The predicted octanol–water partition coefficient (Wildman–Crippen LogP) is 2.22. The summed E-state index contributed by atoms with van der Waals surface area (Å²) in [6, 6.07) is 12.8. The maximum atomic E-state index is 13.1. The Kier molecular flexibility index (Phi) is 4.58. The van der Waals surface area contributed by atoms with Crippen molar-refractivity contribution in [1.29, 1.82) is 0 Å². The van der Waals surface area contributed by atoms with Crippen molar-refractivity contribution >= 4 is 17.1 Å². The highest BCUT2D eigenvalue weighted by molar-refractivity contribution is 5.93. The van der Waals surface area contributed by atoms with Gasteiger partial charge in [-0.3, -0.25) is 19.0 Å². The Morgan fingerprint density at radius 1 is 1.23 bits per heavy atom. The molecule has 0 aliphatic carbocycles. The summed E-state index contributed by atoms with van der Waals surface area (Å²) in [7, 11) is 3.35. The minimum Gasteiger partial charge on any atom is -0.497 e. The van der Waals surface area contributed by atoms with E-state index in [4.69, 9.17) is 4.74 Å². The van der Waals surface area contributed by atoms with E-state index in [0.717, 1.165) is 16.8 Å². The monoisotopic (exact) mass is 418 g/mol. The zero-order valence-electron chi connectivity index (χ0n) is 17.3. The van der Waals surface area contributed by atoms with Gasteiger partial charge in [-0.15, -0.1) is 0 Å². The number of aromatic nitrogens is 5. The summed E-state index contributed by atoms with van der Waals surface area (Å²) in [5, 5.41) is 7.14. The van der Waals surface area contributed by atoms with Gasteiger partial charge in [0.05, 0.1) is 24.4 Å². The maximum absolute atomic E-state index is 13.1. The van der Waals surface area contributed by atoms with E-state index in [2.05, 4.69) is 15.2 Å². The van der Waals surface area contributed by atoms with Crippen molar-refractivity contribution in [1.82, 2.24) is 29.2 Å². The summed E-state index contributed by atoms with van der Waals surface area (Å²) in [4.78, 5) is 32.0. The topological polar surface area (TPSA) is 98.0 Å². The molecule has 0 spiro atoms. The lowest BCUT2D eigenvalue weighted by molar-refractivity contribution is 0.0782. The molecule has 0 unspecified atom stereocenters. The molecule has 1 N–H and O–H groups in total. The third-order valence-corrected chi connectivity index (χ3v) is 5.84. The lowest BCUT2D eigenvalue weighted by Crippen LogP contribution is -2.32. The summed E-state index contributed by atoms with van der Waals surface area (Å²) in [6.07, 6.45) is 2.37. The van der Waals surface area contributed by atoms with Crippen LogP contribution in [0.5, 0.6) is 5.75 Å². The highest BCUT2D eigenvalue weighted by Gasteiger charge is 2.31. The fourth-order valence-electron chi connectivity index (χ4n) is 4.19. The highest BCUT2D eigenvalue weighted by Crippen LogP contribution is 2.26. The fraction of sp³-hybridized carbons (Fsp3) is 0.273. The van der Waals surface area contributed by atoms with Gasteiger partial charge in [-0.1, -0.05) is 12.1 Å². The van der Waals surface area contributed by atoms with Gasteiger partial charge in [0.15, 0.2) is 5.65 Å². The standard InChI is InChI=1S/C22H22N6O3/c1-26-19-7-4-9-23-20(19)28(22(26)30)15-8-10-27(13-15)21(29)18-12-17(24-25-18)14-5-3-6-16(11-14)31-2/h3-7,9,11-12,15H,8,10,13H2,1-2H3,(H,24,25)/t15-/m1/s1. The molecule has 9 nitrogen and oxygen atoms in total. The minimum absolute atomic E-state index is 0.115. The van der Waals surface area contributed by atoms with Crippen LogP contribution in [-0.2, 0) is 7.05 Å². The second kappa shape index (κ2) is 7.42. The molecule has 4 heterocycles. The molecule has 5 rings (SSSR count). The summed E-state index contributed by atoms with van der Waals surface area (Å²) in [5.41, 5.74) is 3.27. The van der Waals surface area contributed by atoms with E-state index in [-0.39, 0.29) is 17.6 Å². The van der Waals surface area contributed by atoms with Crippen LogP contribution in [0.2, 0.25) is 0 Å². The predicted molar refractivity (Wildman–Crippen MR) is 115 cm³/mol. The number of amides is 1. The number of aromatic amines is 1. The Labute approximate surface area is 177 Å². The van der Waals surface area contributed by atoms with Gasteiger partial charge in [-0.25, -0.2) is 9.78 Å². The zero-order chi connectivity index (χ0) is 21.5. The summed E-state index contributed by atoms with van der Waals surface area (Å²) in [6.45, 7) is 1.01. The van der Waals surface area contributed by atoms with E-state index in [1.165, 1.54) is 0 Å². The molecule has 9 heteroatoms. The number of nitrogens with one attached hydrogen (secondary N) is 1. The van der Waals surface area contributed by atoms with E-state index in [0.29, 0.717) is 36.5 Å². The number of rotatable bonds is 4. The molecule has 31 heavy (non-hydrogen) atoms. The number of likely N-dealkylation sites (tertiary alicyclic amines) is 1. The Morgan fingerprint density at radius 3 is 2.94 bits per heavy atom. The van der Waals surface area contributed by atoms with Crippen LogP contribution >= 0.6 is 0 Å². The lowest BCUT2D eigenvalue weighted by atomic mass is 10.1. The van der Waals surface area contributed by atoms with Crippen molar-refractivity contribution in [2.45, 2.75) is 12.5 Å². The largest absolute Gasteiger partial charge is 0.497 e. The van der Waals surface area contributed by atoms with Gasteiger partial charge in [0, 0.05) is 31.9 Å². The van der Waals surface area contributed by atoms with Gasteiger partial charge in [0.25, 0.3) is 5.91 Å². The quantitative estimate of drug-likeness (QED) is 0.548. The van der Waals surface area contributed by atoms with Gasteiger partial charge < -0.3 is 9.64 Å². The summed E-state index contributed by atoms with van der Waals surface area (Å²) in [5.74, 6) is 0.593. The van der Waals surface area contributed by atoms with Crippen molar-refractivity contribution in [3.63, 3.8) is 0 Å². The number of pyridine rings is 1. The molecule has 0 bridgehead atoms. The van der Waals surface area contributed by atoms with Crippen LogP contribution in [0.1, 0.15) is 23.0 Å². The number of carbonyl (C=O) groups is 1. The first-order valence-electron chi connectivity index (χ1n) is 10.1. The van der Waals surface area contributed by atoms with E-state index in [1.54, 1.807) is 40.5 Å². The molecule has 1 fully saturated rings. The molecule has 1 aromatic carbocycles. The number of hydrogen-bond acceptors (Lipinski definition) is 5. The maximum Gasteiger partial charge on any atom is 0.330 e. The van der Waals surface area contributed by atoms with Crippen LogP contribution in [0.4, 0.5) is 0 Å². The van der Waals surface area contributed by atoms with E-state index in [1.807, 2.05) is 36.4 Å². The third-order valence-electron chi connectivity index (χ3n) is 5.84.